The molecule has 1 atom stereocenters. The van der Waals surface area contributed by atoms with Crippen LogP contribution in [0.25, 0.3) is 0 Å². The van der Waals surface area contributed by atoms with Gasteiger partial charge in [0.05, 0.1) is 0 Å². The van der Waals surface area contributed by atoms with Gasteiger partial charge in [-0.25, -0.2) is 0 Å². The van der Waals surface area contributed by atoms with Crippen LogP contribution in [0.3, 0.4) is 0 Å². The molecule has 1 aromatic carbocycles. The number of hydrogen-bond donors (Lipinski definition) is 3. The molecule has 1 saturated heterocycles. The zero-order valence-corrected chi connectivity index (χ0v) is 15.3. The van der Waals surface area contributed by atoms with Crippen LogP contribution < -0.4 is 16.4 Å². The molecule has 7 nitrogen and oxygen atoms in total. The van der Waals surface area contributed by atoms with Gasteiger partial charge >= 0.3 is 0 Å². The van der Waals surface area contributed by atoms with Gasteiger partial charge in [-0.2, -0.15) is 0 Å². The standard InChI is InChI=1S/C10H15N3.C8H14N2O2/c1-11-10(12-2)13-8-9-6-4-3-5-7-9;1-2-6(8(9)12)10-5-3-4-7(10)11/h3-7H,8H2,1-2H3,(H2,11,12,13);6H,2-5H2,1H3,(H2,9,12)/t;6-/m.0/s1. The maximum Gasteiger partial charge on any atom is 0.240 e. The topological polar surface area (TPSA) is 99.8 Å². The number of nitrogens with zero attached hydrogens (tertiary/aromatic N) is 2. The molecule has 138 valence electrons. The predicted molar refractivity (Wildman–Crippen MR) is 99.9 cm³/mol. The van der Waals surface area contributed by atoms with E-state index in [1.165, 1.54) is 5.56 Å². The second-order valence-electron chi connectivity index (χ2n) is 5.68. The van der Waals surface area contributed by atoms with Crippen LogP contribution in [0.2, 0.25) is 0 Å². The minimum atomic E-state index is -0.396. The Hall–Kier alpha value is -2.57. The monoisotopic (exact) mass is 347 g/mol. The van der Waals surface area contributed by atoms with E-state index < -0.39 is 5.91 Å². The SMILES string of the molecule is CC[C@@H](C(N)=O)N1CCCC1=O.CN=C(NC)NCc1ccccc1. The summed E-state index contributed by atoms with van der Waals surface area (Å²) in [4.78, 5) is 27.7. The minimum Gasteiger partial charge on any atom is -0.368 e. The van der Waals surface area contributed by atoms with Crippen molar-refractivity contribution in [1.29, 1.82) is 0 Å². The van der Waals surface area contributed by atoms with Crippen molar-refractivity contribution in [3.05, 3.63) is 35.9 Å². The summed E-state index contributed by atoms with van der Waals surface area (Å²) in [6, 6.07) is 9.83. The molecule has 0 bridgehead atoms. The lowest BCUT2D eigenvalue weighted by Gasteiger charge is -2.23. The number of hydrogen-bond acceptors (Lipinski definition) is 3. The van der Waals surface area contributed by atoms with Gasteiger partial charge in [-0.15, -0.1) is 0 Å². The number of primary amides is 1. The van der Waals surface area contributed by atoms with Crippen LogP contribution in [-0.2, 0) is 16.1 Å². The molecule has 0 aliphatic carbocycles. The summed E-state index contributed by atoms with van der Waals surface area (Å²) in [5.41, 5.74) is 6.41. The van der Waals surface area contributed by atoms with Crippen LogP contribution in [0.1, 0.15) is 31.7 Å². The van der Waals surface area contributed by atoms with E-state index in [4.69, 9.17) is 5.73 Å². The number of carbonyl (C=O) groups excluding carboxylic acids is 2. The number of nitrogens with one attached hydrogen (secondary N) is 2. The van der Waals surface area contributed by atoms with Crippen LogP contribution in [0.5, 0.6) is 0 Å². The second-order valence-corrected chi connectivity index (χ2v) is 5.68. The lowest BCUT2D eigenvalue weighted by Crippen LogP contribution is -2.44. The molecular formula is C18H29N5O2. The first-order valence-electron chi connectivity index (χ1n) is 8.54. The zero-order valence-electron chi connectivity index (χ0n) is 15.3. The highest BCUT2D eigenvalue weighted by atomic mass is 16.2. The van der Waals surface area contributed by atoms with E-state index in [-0.39, 0.29) is 11.9 Å². The summed E-state index contributed by atoms with van der Waals surface area (Å²) in [6.45, 7) is 3.34. The van der Waals surface area contributed by atoms with E-state index >= 15 is 0 Å². The van der Waals surface area contributed by atoms with Crippen molar-refractivity contribution >= 4 is 17.8 Å². The summed E-state index contributed by atoms with van der Waals surface area (Å²) < 4.78 is 0. The van der Waals surface area contributed by atoms with Crippen molar-refractivity contribution < 1.29 is 9.59 Å². The number of guanidine groups is 1. The number of likely N-dealkylation sites (tertiary alicyclic amines) is 1. The third kappa shape index (κ3) is 6.82. The molecule has 7 heteroatoms. The molecule has 2 amide bonds. The van der Waals surface area contributed by atoms with E-state index in [9.17, 15) is 9.59 Å². The number of nitrogens with two attached hydrogens (primary N) is 1. The van der Waals surface area contributed by atoms with Gasteiger partial charge in [-0.3, -0.25) is 14.6 Å². The van der Waals surface area contributed by atoms with Crippen molar-refractivity contribution in [3.63, 3.8) is 0 Å². The molecule has 2 rings (SSSR count). The average molecular weight is 347 g/mol. The Morgan fingerprint density at radius 1 is 1.36 bits per heavy atom. The Labute approximate surface area is 149 Å². The maximum atomic E-state index is 11.2. The molecule has 1 aromatic rings. The smallest absolute Gasteiger partial charge is 0.240 e. The van der Waals surface area contributed by atoms with Crippen LogP contribution in [0, 0.1) is 0 Å². The quantitative estimate of drug-likeness (QED) is 0.543. The fourth-order valence-electron chi connectivity index (χ4n) is 2.63. The number of aliphatic imine (C=N–C) groups is 1. The highest BCUT2D eigenvalue weighted by molar-refractivity contribution is 5.87. The highest BCUT2D eigenvalue weighted by Crippen LogP contribution is 2.15. The molecule has 1 aliphatic heterocycles. The molecule has 0 aromatic heterocycles. The molecule has 0 radical (unpaired) electrons. The first-order chi connectivity index (χ1) is 12.0. The number of benzene rings is 1. The second kappa shape index (κ2) is 11.1. The van der Waals surface area contributed by atoms with E-state index in [0.717, 1.165) is 18.9 Å². The summed E-state index contributed by atoms with van der Waals surface area (Å²) in [5.74, 6) is 0.470. The van der Waals surface area contributed by atoms with Crippen molar-refractivity contribution in [3.8, 4) is 0 Å². The normalized spacial score (nSPS) is 15.2. The van der Waals surface area contributed by atoms with E-state index in [1.54, 1.807) is 11.9 Å². The fourth-order valence-corrected chi connectivity index (χ4v) is 2.63. The third-order valence-electron chi connectivity index (χ3n) is 3.96. The van der Waals surface area contributed by atoms with E-state index in [2.05, 4.69) is 27.8 Å². The van der Waals surface area contributed by atoms with Gasteiger partial charge in [-0.1, -0.05) is 37.3 Å². The minimum absolute atomic E-state index is 0.0562. The molecule has 0 unspecified atom stereocenters. The Morgan fingerprint density at radius 3 is 2.48 bits per heavy atom. The van der Waals surface area contributed by atoms with E-state index in [1.807, 2.05) is 32.2 Å². The molecule has 25 heavy (non-hydrogen) atoms. The van der Waals surface area contributed by atoms with Gasteiger partial charge in [0.2, 0.25) is 11.8 Å². The Bertz CT molecular complexity index is 574. The highest BCUT2D eigenvalue weighted by Gasteiger charge is 2.29. The first-order valence-corrected chi connectivity index (χ1v) is 8.54. The third-order valence-corrected chi connectivity index (χ3v) is 3.96. The van der Waals surface area contributed by atoms with Crippen LogP contribution in [0.15, 0.2) is 35.3 Å². The molecule has 0 spiro atoms. The molecule has 0 saturated carbocycles. The van der Waals surface area contributed by atoms with Gasteiger partial charge in [0.1, 0.15) is 6.04 Å². The maximum absolute atomic E-state index is 11.2. The van der Waals surface area contributed by atoms with Crippen LogP contribution >= 0.6 is 0 Å². The largest absolute Gasteiger partial charge is 0.368 e. The summed E-state index contributed by atoms with van der Waals surface area (Å²) in [6.07, 6.45) is 2.02. The van der Waals surface area contributed by atoms with E-state index in [0.29, 0.717) is 19.4 Å². The first kappa shape index (κ1) is 20.5. The Balaban J connectivity index is 0.000000251. The van der Waals surface area contributed by atoms with Gasteiger partial charge < -0.3 is 21.3 Å². The van der Waals surface area contributed by atoms with Gasteiger partial charge in [0.25, 0.3) is 0 Å². The van der Waals surface area contributed by atoms with Gasteiger partial charge in [-0.05, 0) is 18.4 Å². The van der Waals surface area contributed by atoms with Gasteiger partial charge in [0.15, 0.2) is 5.96 Å². The number of rotatable bonds is 5. The Kier molecular flexibility index (Phi) is 9.06. The lowest BCUT2D eigenvalue weighted by molar-refractivity contribution is -0.136. The Morgan fingerprint density at radius 2 is 2.04 bits per heavy atom. The number of amides is 2. The molecule has 1 aliphatic rings. The molecular weight excluding hydrogens is 318 g/mol. The molecule has 1 fully saturated rings. The summed E-state index contributed by atoms with van der Waals surface area (Å²) in [7, 11) is 3.60. The summed E-state index contributed by atoms with van der Waals surface area (Å²) in [5, 5.41) is 6.14. The predicted octanol–water partition coefficient (Wildman–Crippen LogP) is 0.854. The molecule has 1 heterocycles. The zero-order chi connectivity index (χ0) is 18.7. The lowest BCUT2D eigenvalue weighted by atomic mass is 10.2. The number of carbonyl (C=O) groups is 2. The van der Waals surface area contributed by atoms with Crippen molar-refractivity contribution in [1.82, 2.24) is 15.5 Å². The van der Waals surface area contributed by atoms with Crippen molar-refractivity contribution in [2.45, 2.75) is 38.8 Å². The average Bonchev–Trinajstić information content (AvgIpc) is 3.03. The van der Waals surface area contributed by atoms with Crippen LogP contribution in [0.4, 0.5) is 0 Å². The van der Waals surface area contributed by atoms with Crippen LogP contribution in [-0.4, -0.2) is 49.4 Å². The molecule has 4 N–H and O–H groups in total. The van der Waals surface area contributed by atoms with Crippen molar-refractivity contribution in [2.24, 2.45) is 10.7 Å². The van der Waals surface area contributed by atoms with Crippen molar-refractivity contribution in [2.75, 3.05) is 20.6 Å². The summed E-state index contributed by atoms with van der Waals surface area (Å²) >= 11 is 0. The van der Waals surface area contributed by atoms with Gasteiger partial charge in [0, 0.05) is 33.6 Å². The fraction of sp³-hybridized carbons (Fsp3) is 0.500.